The third-order valence-electron chi connectivity index (χ3n) is 5.43. The first kappa shape index (κ1) is 26.9. The van der Waals surface area contributed by atoms with Gasteiger partial charge in [-0.3, -0.25) is 13.9 Å². The average molecular weight is 539 g/mol. The van der Waals surface area contributed by atoms with Gasteiger partial charge in [0, 0.05) is 17.1 Å². The van der Waals surface area contributed by atoms with E-state index in [1.807, 2.05) is 44.2 Å². The molecule has 0 spiro atoms. The van der Waals surface area contributed by atoms with Crippen molar-refractivity contribution in [3.05, 3.63) is 64.6 Å². The van der Waals surface area contributed by atoms with Gasteiger partial charge < -0.3 is 10.2 Å². The number of anilines is 1. The summed E-state index contributed by atoms with van der Waals surface area (Å²) < 4.78 is 26.8. The van der Waals surface area contributed by atoms with Crippen molar-refractivity contribution in [3.8, 4) is 0 Å². The van der Waals surface area contributed by atoms with Crippen LogP contribution in [0.1, 0.15) is 32.8 Å². The van der Waals surface area contributed by atoms with E-state index in [0.717, 1.165) is 22.5 Å². The molecule has 7 nitrogen and oxygen atoms in total. The van der Waals surface area contributed by atoms with Crippen molar-refractivity contribution in [1.29, 1.82) is 0 Å². The van der Waals surface area contributed by atoms with Crippen molar-refractivity contribution >= 4 is 43.5 Å². The van der Waals surface area contributed by atoms with E-state index < -0.39 is 28.5 Å². The minimum atomic E-state index is -3.73. The van der Waals surface area contributed by atoms with Crippen LogP contribution in [0.5, 0.6) is 0 Å². The van der Waals surface area contributed by atoms with Crippen LogP contribution in [-0.4, -0.2) is 56.6 Å². The van der Waals surface area contributed by atoms with Crippen LogP contribution in [-0.2, 0) is 26.0 Å². The Labute approximate surface area is 205 Å². The molecule has 0 fully saturated rings. The molecule has 0 heterocycles. The number of rotatable bonds is 11. The van der Waals surface area contributed by atoms with Crippen molar-refractivity contribution in [3.63, 3.8) is 0 Å². The molecule has 0 aliphatic rings. The second-order valence-corrected chi connectivity index (χ2v) is 10.9. The number of benzene rings is 2. The van der Waals surface area contributed by atoms with Gasteiger partial charge in [-0.25, -0.2) is 8.42 Å². The van der Waals surface area contributed by atoms with Crippen LogP contribution >= 0.6 is 15.9 Å². The third-order valence-corrected chi connectivity index (χ3v) is 7.06. The lowest BCUT2D eigenvalue weighted by Gasteiger charge is -2.32. The van der Waals surface area contributed by atoms with E-state index in [9.17, 15) is 18.0 Å². The average Bonchev–Trinajstić information content (AvgIpc) is 2.77. The molecule has 2 aromatic rings. The molecule has 2 amide bonds. The van der Waals surface area contributed by atoms with Crippen LogP contribution in [0.3, 0.4) is 0 Å². The van der Waals surface area contributed by atoms with E-state index in [-0.39, 0.29) is 18.5 Å². The quantitative estimate of drug-likeness (QED) is 0.474. The highest BCUT2D eigenvalue weighted by Crippen LogP contribution is 2.22. The molecule has 2 atom stereocenters. The van der Waals surface area contributed by atoms with Crippen molar-refractivity contribution in [2.75, 3.05) is 23.7 Å². The van der Waals surface area contributed by atoms with E-state index in [2.05, 4.69) is 21.2 Å². The number of amides is 2. The molecule has 33 heavy (non-hydrogen) atoms. The molecule has 0 saturated carbocycles. The fourth-order valence-corrected chi connectivity index (χ4v) is 4.51. The lowest BCUT2D eigenvalue weighted by molar-refractivity contribution is -0.139. The van der Waals surface area contributed by atoms with Gasteiger partial charge in [0.1, 0.15) is 12.6 Å². The molecule has 2 unspecified atom stereocenters. The number of halogens is 1. The van der Waals surface area contributed by atoms with Crippen LogP contribution in [0.2, 0.25) is 0 Å². The first-order chi connectivity index (χ1) is 15.5. The molecular weight excluding hydrogens is 506 g/mol. The molecule has 2 rings (SSSR count). The van der Waals surface area contributed by atoms with E-state index in [1.54, 1.807) is 31.2 Å². The van der Waals surface area contributed by atoms with Crippen molar-refractivity contribution in [2.45, 2.75) is 45.7 Å². The molecule has 9 heteroatoms. The molecule has 0 bridgehead atoms. The normalized spacial score (nSPS) is 13.1. The molecule has 0 aromatic heterocycles. The van der Waals surface area contributed by atoms with Gasteiger partial charge in [0.05, 0.1) is 11.9 Å². The summed E-state index contributed by atoms with van der Waals surface area (Å²) >= 11 is 3.35. The maximum Gasteiger partial charge on any atom is 0.244 e. The van der Waals surface area contributed by atoms with Crippen molar-refractivity contribution in [2.24, 2.45) is 0 Å². The summed E-state index contributed by atoms with van der Waals surface area (Å²) in [5.74, 6) is -0.706. The summed E-state index contributed by atoms with van der Waals surface area (Å²) in [6, 6.07) is 15.6. The second-order valence-electron chi connectivity index (χ2n) is 8.07. The number of sulfonamides is 1. The zero-order valence-corrected chi connectivity index (χ0v) is 21.9. The number of carbonyl (C=O) groups is 2. The number of hydrogen-bond donors (Lipinski definition) is 1. The Morgan fingerprint density at radius 1 is 1.06 bits per heavy atom. The Bertz CT molecular complexity index is 1050. The summed E-state index contributed by atoms with van der Waals surface area (Å²) in [5.41, 5.74) is 1.40. The summed E-state index contributed by atoms with van der Waals surface area (Å²) in [7, 11) is -3.73. The molecule has 0 radical (unpaired) electrons. The highest BCUT2D eigenvalue weighted by Gasteiger charge is 2.30. The first-order valence-corrected chi connectivity index (χ1v) is 13.5. The standard InChI is InChI=1S/C24H32BrN3O4S/c1-5-18(2)26-24(30)19(3)27(15-14-20-10-7-6-8-11-20)23(29)17-28(33(4,31)32)22-13-9-12-21(25)16-22/h6-13,16,18-19H,5,14-15,17H2,1-4H3,(H,26,30). The monoisotopic (exact) mass is 537 g/mol. The zero-order chi connectivity index (χ0) is 24.6. The fraction of sp³-hybridized carbons (Fsp3) is 0.417. The molecule has 0 saturated heterocycles. The predicted octanol–water partition coefficient (Wildman–Crippen LogP) is 3.59. The van der Waals surface area contributed by atoms with Crippen LogP contribution in [0.4, 0.5) is 5.69 Å². The second kappa shape index (κ2) is 12.2. The van der Waals surface area contributed by atoms with Gasteiger partial charge in [-0.2, -0.15) is 0 Å². The lowest BCUT2D eigenvalue weighted by Crippen LogP contribution is -2.53. The number of nitrogens with zero attached hydrogens (tertiary/aromatic N) is 2. The maximum atomic E-state index is 13.4. The van der Waals surface area contributed by atoms with E-state index in [4.69, 9.17) is 0 Å². The van der Waals surface area contributed by atoms with Gasteiger partial charge in [0.2, 0.25) is 21.8 Å². The van der Waals surface area contributed by atoms with Crippen molar-refractivity contribution in [1.82, 2.24) is 10.2 Å². The van der Waals surface area contributed by atoms with Gasteiger partial charge in [-0.1, -0.05) is 59.3 Å². The smallest absolute Gasteiger partial charge is 0.244 e. The Balaban J connectivity index is 2.30. The molecule has 180 valence electrons. The number of carbonyl (C=O) groups excluding carboxylic acids is 2. The fourth-order valence-electron chi connectivity index (χ4n) is 3.28. The highest BCUT2D eigenvalue weighted by molar-refractivity contribution is 9.10. The van der Waals surface area contributed by atoms with Gasteiger partial charge in [-0.15, -0.1) is 0 Å². The Hall–Kier alpha value is -2.39. The van der Waals surface area contributed by atoms with E-state index in [1.165, 1.54) is 4.90 Å². The summed E-state index contributed by atoms with van der Waals surface area (Å²) in [4.78, 5) is 27.7. The summed E-state index contributed by atoms with van der Waals surface area (Å²) in [5, 5.41) is 2.91. The largest absolute Gasteiger partial charge is 0.352 e. The van der Waals surface area contributed by atoms with Crippen LogP contribution in [0.25, 0.3) is 0 Å². The van der Waals surface area contributed by atoms with Gasteiger partial charge >= 0.3 is 0 Å². The van der Waals surface area contributed by atoms with Gasteiger partial charge in [-0.05, 0) is 50.5 Å². The lowest BCUT2D eigenvalue weighted by atomic mass is 10.1. The van der Waals surface area contributed by atoms with Gasteiger partial charge in [0.25, 0.3) is 0 Å². The Morgan fingerprint density at radius 3 is 2.30 bits per heavy atom. The third kappa shape index (κ3) is 8.16. The molecule has 0 aliphatic heterocycles. The van der Waals surface area contributed by atoms with Crippen LogP contribution in [0, 0.1) is 0 Å². The molecule has 2 aromatic carbocycles. The summed E-state index contributed by atoms with van der Waals surface area (Å²) in [6.45, 7) is 5.43. The molecule has 0 aliphatic carbocycles. The van der Waals surface area contributed by atoms with Crippen LogP contribution in [0.15, 0.2) is 59.1 Å². The molecular formula is C24H32BrN3O4S. The zero-order valence-electron chi connectivity index (χ0n) is 19.5. The minimum Gasteiger partial charge on any atom is -0.352 e. The van der Waals surface area contributed by atoms with Crippen LogP contribution < -0.4 is 9.62 Å². The predicted molar refractivity (Wildman–Crippen MR) is 136 cm³/mol. The first-order valence-electron chi connectivity index (χ1n) is 10.9. The Morgan fingerprint density at radius 2 is 1.73 bits per heavy atom. The van der Waals surface area contributed by atoms with Gasteiger partial charge in [0.15, 0.2) is 0 Å². The van der Waals surface area contributed by atoms with E-state index in [0.29, 0.717) is 16.6 Å². The summed E-state index contributed by atoms with van der Waals surface area (Å²) in [6.07, 6.45) is 2.37. The Kier molecular flexibility index (Phi) is 9.91. The van der Waals surface area contributed by atoms with Crippen molar-refractivity contribution < 1.29 is 18.0 Å². The maximum absolute atomic E-state index is 13.4. The minimum absolute atomic E-state index is 0.0276. The molecule has 1 N–H and O–H groups in total. The van der Waals surface area contributed by atoms with E-state index >= 15 is 0 Å². The number of nitrogens with one attached hydrogen (secondary N) is 1. The topological polar surface area (TPSA) is 86.8 Å². The SMILES string of the molecule is CCC(C)NC(=O)C(C)N(CCc1ccccc1)C(=O)CN(c1cccc(Br)c1)S(C)(=O)=O. The highest BCUT2D eigenvalue weighted by atomic mass is 79.9. The number of hydrogen-bond acceptors (Lipinski definition) is 4.